The van der Waals surface area contributed by atoms with Crippen molar-refractivity contribution in [3.8, 4) is 0 Å². The van der Waals surface area contributed by atoms with E-state index in [1.54, 1.807) is 26.0 Å². The highest BCUT2D eigenvalue weighted by molar-refractivity contribution is 7.99. The molecule has 0 amide bonds. The van der Waals surface area contributed by atoms with E-state index in [0.717, 1.165) is 4.90 Å². The van der Waals surface area contributed by atoms with Gasteiger partial charge < -0.3 is 4.74 Å². The number of nitro benzene ring substituents is 1. The maximum absolute atomic E-state index is 11.5. The first-order valence-electron chi connectivity index (χ1n) is 5.32. The molecule has 0 aliphatic carbocycles. The highest BCUT2D eigenvalue weighted by Gasteiger charge is 2.28. The molecule has 0 heterocycles. The Hall–Kier alpha value is -1.56. The molecular formula is C12H15NO4S. The third-order valence-corrected chi connectivity index (χ3v) is 3.86. The normalized spacial score (nSPS) is 11.1. The van der Waals surface area contributed by atoms with Crippen molar-refractivity contribution in [2.75, 3.05) is 12.9 Å². The number of ether oxygens (including phenoxy) is 1. The van der Waals surface area contributed by atoms with Crippen LogP contribution in [0.25, 0.3) is 0 Å². The number of carbonyl (C=O) groups excluding carboxylic acids is 1. The molecule has 0 N–H and O–H groups in total. The van der Waals surface area contributed by atoms with Crippen molar-refractivity contribution < 1.29 is 14.5 Å². The second kappa shape index (κ2) is 5.86. The van der Waals surface area contributed by atoms with Gasteiger partial charge in [0.1, 0.15) is 0 Å². The number of hydrogen-bond donors (Lipinski definition) is 0. The lowest BCUT2D eigenvalue weighted by Gasteiger charge is -2.20. The quantitative estimate of drug-likeness (QED) is 0.356. The molecule has 0 saturated carbocycles. The Morgan fingerprint density at radius 1 is 1.39 bits per heavy atom. The molecule has 0 radical (unpaired) electrons. The molecule has 0 saturated heterocycles. The van der Waals surface area contributed by atoms with Crippen LogP contribution < -0.4 is 0 Å². The minimum absolute atomic E-state index is 0.0616. The van der Waals surface area contributed by atoms with Crippen LogP contribution in [0.2, 0.25) is 0 Å². The molecule has 0 aliphatic rings. The summed E-state index contributed by atoms with van der Waals surface area (Å²) in [7, 11) is 1.36. The molecular weight excluding hydrogens is 254 g/mol. The molecule has 0 bridgehead atoms. The number of benzene rings is 1. The van der Waals surface area contributed by atoms with Gasteiger partial charge in [-0.25, -0.2) is 0 Å². The molecule has 6 heteroatoms. The molecule has 1 rings (SSSR count). The summed E-state index contributed by atoms with van der Waals surface area (Å²) in [6, 6.07) is 6.26. The third kappa shape index (κ3) is 3.73. The van der Waals surface area contributed by atoms with Crippen LogP contribution in [0.15, 0.2) is 29.2 Å². The summed E-state index contributed by atoms with van der Waals surface area (Å²) in [4.78, 5) is 22.4. The van der Waals surface area contributed by atoms with Crippen molar-refractivity contribution in [2.24, 2.45) is 5.41 Å². The molecule has 0 spiro atoms. The maximum atomic E-state index is 11.5. The topological polar surface area (TPSA) is 69.4 Å². The van der Waals surface area contributed by atoms with Gasteiger partial charge in [0, 0.05) is 22.8 Å². The van der Waals surface area contributed by atoms with Gasteiger partial charge in [0.05, 0.1) is 17.4 Å². The predicted octanol–water partition coefficient (Wildman–Crippen LogP) is 2.89. The van der Waals surface area contributed by atoms with Gasteiger partial charge in [-0.2, -0.15) is 0 Å². The van der Waals surface area contributed by atoms with Gasteiger partial charge in [0.15, 0.2) is 0 Å². The molecule has 0 aromatic heterocycles. The Labute approximate surface area is 110 Å². The van der Waals surface area contributed by atoms with Crippen molar-refractivity contribution in [3.63, 3.8) is 0 Å². The zero-order chi connectivity index (χ0) is 13.8. The molecule has 1 aromatic carbocycles. The molecule has 0 atom stereocenters. The van der Waals surface area contributed by atoms with E-state index in [-0.39, 0.29) is 11.7 Å². The standard InChI is InChI=1S/C12H15NO4S/c1-12(2,11(14)17-3)8-18-10-6-4-9(5-7-10)13(15)16/h4-7H,8H2,1-3H3. The lowest BCUT2D eigenvalue weighted by atomic mass is 9.97. The minimum atomic E-state index is -0.582. The van der Waals surface area contributed by atoms with Crippen LogP contribution in [0, 0.1) is 15.5 Å². The summed E-state index contributed by atoms with van der Waals surface area (Å²) in [5, 5.41) is 10.5. The van der Waals surface area contributed by atoms with Gasteiger partial charge in [-0.05, 0) is 26.0 Å². The van der Waals surface area contributed by atoms with E-state index < -0.39 is 10.3 Å². The number of hydrogen-bond acceptors (Lipinski definition) is 5. The average molecular weight is 269 g/mol. The Bertz CT molecular complexity index is 442. The second-order valence-corrected chi connectivity index (χ2v) is 5.46. The molecule has 0 unspecified atom stereocenters. The fourth-order valence-corrected chi connectivity index (χ4v) is 2.24. The lowest BCUT2D eigenvalue weighted by molar-refractivity contribution is -0.384. The van der Waals surface area contributed by atoms with Crippen molar-refractivity contribution in [3.05, 3.63) is 34.4 Å². The summed E-state index contributed by atoms with van der Waals surface area (Å²) in [6.45, 7) is 3.61. The van der Waals surface area contributed by atoms with E-state index in [0.29, 0.717) is 5.75 Å². The smallest absolute Gasteiger partial charge is 0.312 e. The summed E-state index contributed by atoms with van der Waals surface area (Å²) < 4.78 is 4.71. The first-order chi connectivity index (χ1) is 8.36. The number of thioether (sulfide) groups is 1. The van der Waals surface area contributed by atoms with Crippen LogP contribution in [0.1, 0.15) is 13.8 Å². The number of carbonyl (C=O) groups is 1. The fraction of sp³-hybridized carbons (Fsp3) is 0.417. The third-order valence-electron chi connectivity index (χ3n) is 2.39. The summed E-state index contributed by atoms with van der Waals surface area (Å²) in [5.41, 5.74) is -0.521. The molecule has 1 aromatic rings. The van der Waals surface area contributed by atoms with E-state index in [2.05, 4.69) is 0 Å². The zero-order valence-corrected chi connectivity index (χ0v) is 11.3. The van der Waals surface area contributed by atoms with E-state index in [1.165, 1.54) is 31.0 Å². The van der Waals surface area contributed by atoms with Crippen molar-refractivity contribution in [1.29, 1.82) is 0 Å². The average Bonchev–Trinajstić information content (AvgIpc) is 2.35. The van der Waals surface area contributed by atoms with E-state index in [9.17, 15) is 14.9 Å². The van der Waals surface area contributed by atoms with Gasteiger partial charge in [0.2, 0.25) is 0 Å². The minimum Gasteiger partial charge on any atom is -0.469 e. The lowest BCUT2D eigenvalue weighted by Crippen LogP contribution is -2.28. The number of non-ortho nitro benzene ring substituents is 1. The fourth-order valence-electron chi connectivity index (χ4n) is 1.26. The second-order valence-electron chi connectivity index (χ2n) is 4.42. The van der Waals surface area contributed by atoms with Crippen LogP contribution in [0.3, 0.4) is 0 Å². The Kier molecular flexibility index (Phi) is 4.72. The first-order valence-corrected chi connectivity index (χ1v) is 6.31. The number of methoxy groups -OCH3 is 1. The molecule has 0 fully saturated rings. The van der Waals surface area contributed by atoms with Crippen LogP contribution in [0.4, 0.5) is 5.69 Å². The summed E-state index contributed by atoms with van der Waals surface area (Å²) >= 11 is 1.47. The van der Waals surface area contributed by atoms with Crippen LogP contribution in [-0.4, -0.2) is 23.8 Å². The van der Waals surface area contributed by atoms with Crippen LogP contribution in [0.5, 0.6) is 0 Å². The molecule has 0 aliphatic heterocycles. The molecule has 18 heavy (non-hydrogen) atoms. The van der Waals surface area contributed by atoms with Gasteiger partial charge >= 0.3 is 5.97 Å². The highest BCUT2D eigenvalue weighted by Crippen LogP contribution is 2.29. The van der Waals surface area contributed by atoms with Crippen molar-refractivity contribution >= 4 is 23.4 Å². The predicted molar refractivity (Wildman–Crippen MR) is 69.6 cm³/mol. The van der Waals surface area contributed by atoms with Crippen molar-refractivity contribution in [2.45, 2.75) is 18.7 Å². The number of nitro groups is 1. The molecule has 5 nitrogen and oxygen atoms in total. The molecule has 98 valence electrons. The van der Waals surface area contributed by atoms with Gasteiger partial charge in [-0.15, -0.1) is 11.8 Å². The van der Waals surface area contributed by atoms with Gasteiger partial charge in [-0.3, -0.25) is 14.9 Å². The van der Waals surface area contributed by atoms with Crippen LogP contribution in [-0.2, 0) is 9.53 Å². The first kappa shape index (κ1) is 14.5. The number of nitrogens with zero attached hydrogens (tertiary/aromatic N) is 1. The SMILES string of the molecule is COC(=O)C(C)(C)CSc1ccc([N+](=O)[O-])cc1. The van der Waals surface area contributed by atoms with E-state index in [4.69, 9.17) is 4.74 Å². The highest BCUT2D eigenvalue weighted by atomic mass is 32.2. The Balaban J connectivity index is 2.64. The van der Waals surface area contributed by atoms with E-state index in [1.807, 2.05) is 0 Å². The van der Waals surface area contributed by atoms with Crippen LogP contribution >= 0.6 is 11.8 Å². The van der Waals surface area contributed by atoms with Gasteiger partial charge in [-0.1, -0.05) is 0 Å². The maximum Gasteiger partial charge on any atom is 0.312 e. The number of rotatable bonds is 5. The monoisotopic (exact) mass is 269 g/mol. The Morgan fingerprint density at radius 3 is 2.39 bits per heavy atom. The Morgan fingerprint density at radius 2 is 1.94 bits per heavy atom. The number of esters is 1. The van der Waals surface area contributed by atoms with Crippen molar-refractivity contribution in [1.82, 2.24) is 0 Å². The van der Waals surface area contributed by atoms with E-state index >= 15 is 0 Å². The zero-order valence-electron chi connectivity index (χ0n) is 10.5. The summed E-state index contributed by atoms with van der Waals surface area (Å²) in [5.74, 6) is 0.286. The largest absolute Gasteiger partial charge is 0.469 e. The summed E-state index contributed by atoms with van der Waals surface area (Å²) in [6.07, 6.45) is 0. The van der Waals surface area contributed by atoms with Gasteiger partial charge in [0.25, 0.3) is 5.69 Å².